The number of nitrogens with two attached hydrogens (primary N) is 1. The molecule has 1 saturated carbocycles. The number of rotatable bonds is 3. The fourth-order valence-electron chi connectivity index (χ4n) is 2.64. The van der Waals surface area contributed by atoms with Gasteiger partial charge in [-0.3, -0.25) is 0 Å². The smallest absolute Gasteiger partial charge is 0.159 e. The molecule has 5 nitrogen and oxygen atoms in total. The van der Waals surface area contributed by atoms with Gasteiger partial charge in [-0.05, 0) is 32.3 Å². The highest BCUT2D eigenvalue weighted by atomic mass is 32.1. The molecule has 20 heavy (non-hydrogen) atoms. The van der Waals surface area contributed by atoms with Gasteiger partial charge in [-0.1, -0.05) is 31.5 Å². The quantitative estimate of drug-likeness (QED) is 0.583. The van der Waals surface area contributed by atoms with E-state index >= 15 is 0 Å². The van der Waals surface area contributed by atoms with Crippen LogP contribution in [-0.4, -0.2) is 32.4 Å². The fraction of sp³-hybridized carbons (Fsp3) is 0.643. The highest BCUT2D eigenvalue weighted by molar-refractivity contribution is 7.80. The van der Waals surface area contributed by atoms with Crippen molar-refractivity contribution in [1.82, 2.24) is 10.2 Å². The van der Waals surface area contributed by atoms with Crippen LogP contribution < -0.4 is 11.1 Å². The van der Waals surface area contributed by atoms with E-state index in [-0.39, 0.29) is 12.1 Å². The first-order valence-corrected chi connectivity index (χ1v) is 7.49. The Labute approximate surface area is 125 Å². The van der Waals surface area contributed by atoms with E-state index in [4.69, 9.17) is 18.0 Å². The summed E-state index contributed by atoms with van der Waals surface area (Å²) in [6.07, 6.45) is 4.72. The van der Waals surface area contributed by atoms with Gasteiger partial charge in [0.15, 0.2) is 5.82 Å². The molecule has 0 aliphatic heterocycles. The lowest BCUT2D eigenvalue weighted by molar-refractivity contribution is 0.144. The van der Waals surface area contributed by atoms with Gasteiger partial charge in [0.1, 0.15) is 4.99 Å². The molecule has 2 unspecified atom stereocenters. The third-order valence-electron chi connectivity index (χ3n) is 4.00. The van der Waals surface area contributed by atoms with Crippen LogP contribution in [0.3, 0.4) is 0 Å². The Bertz CT molecular complexity index is 506. The first-order valence-electron chi connectivity index (χ1n) is 7.09. The highest BCUT2D eigenvalue weighted by Gasteiger charge is 2.24. The summed E-state index contributed by atoms with van der Waals surface area (Å²) in [7, 11) is 0. The lowest BCUT2D eigenvalue weighted by Crippen LogP contribution is -2.34. The summed E-state index contributed by atoms with van der Waals surface area (Å²) in [6, 6.07) is -0.0120. The van der Waals surface area contributed by atoms with Crippen molar-refractivity contribution in [3.8, 4) is 0 Å². The Morgan fingerprint density at radius 1 is 1.25 bits per heavy atom. The van der Waals surface area contributed by atoms with Crippen molar-refractivity contribution in [2.45, 2.75) is 58.1 Å². The van der Waals surface area contributed by atoms with Gasteiger partial charge >= 0.3 is 0 Å². The molecular formula is C14H22N4OS. The van der Waals surface area contributed by atoms with Crippen molar-refractivity contribution >= 4 is 23.0 Å². The molecule has 110 valence electrons. The number of nitrogens with one attached hydrogen (secondary N) is 1. The Morgan fingerprint density at radius 3 is 2.65 bits per heavy atom. The second kappa shape index (κ2) is 6.45. The van der Waals surface area contributed by atoms with Crippen LogP contribution in [0.1, 0.15) is 48.9 Å². The predicted octanol–water partition coefficient (Wildman–Crippen LogP) is 1.83. The number of aryl methyl sites for hydroxylation is 1. The number of hydrogen-bond acceptors (Lipinski definition) is 5. The number of hydrogen-bond donors (Lipinski definition) is 3. The topological polar surface area (TPSA) is 84.1 Å². The first kappa shape index (κ1) is 15.1. The Balaban J connectivity index is 2.28. The van der Waals surface area contributed by atoms with Crippen molar-refractivity contribution in [3.63, 3.8) is 0 Å². The van der Waals surface area contributed by atoms with Gasteiger partial charge in [0.25, 0.3) is 0 Å². The molecule has 1 aromatic rings. The third kappa shape index (κ3) is 3.24. The number of aliphatic hydroxyl groups is 1. The number of aromatic nitrogens is 2. The van der Waals surface area contributed by atoms with Crippen molar-refractivity contribution in [2.75, 3.05) is 5.32 Å². The van der Waals surface area contributed by atoms with E-state index in [1.807, 2.05) is 13.8 Å². The molecule has 1 aromatic heterocycles. The first-order chi connectivity index (χ1) is 9.50. The van der Waals surface area contributed by atoms with Gasteiger partial charge in [-0.2, -0.15) is 5.10 Å². The Hall–Kier alpha value is -1.27. The molecule has 0 spiro atoms. The molecule has 0 aromatic carbocycles. The summed E-state index contributed by atoms with van der Waals surface area (Å²) in [5.74, 6) is 0.589. The summed E-state index contributed by atoms with van der Waals surface area (Å²) < 4.78 is 0. The normalized spacial score (nSPS) is 23.1. The minimum absolute atomic E-state index is 0.0120. The maximum atomic E-state index is 10.2. The summed E-state index contributed by atoms with van der Waals surface area (Å²) >= 11 is 5.13. The molecule has 1 heterocycles. The standard InChI is InChI=1S/C14H22N4OS/c1-8-9(2)17-18-14(12(8)13(15)20)16-10-6-4-3-5-7-11(10)19/h10-11,19H,3-7H2,1-2H3,(H2,15,20)(H,16,18). The predicted molar refractivity (Wildman–Crippen MR) is 83.9 cm³/mol. The Kier molecular flexibility index (Phi) is 4.88. The average molecular weight is 294 g/mol. The zero-order valence-electron chi connectivity index (χ0n) is 12.0. The second-order valence-corrected chi connectivity index (χ2v) is 5.89. The third-order valence-corrected chi connectivity index (χ3v) is 4.21. The van der Waals surface area contributed by atoms with E-state index in [1.54, 1.807) is 0 Å². The van der Waals surface area contributed by atoms with Crippen LogP contribution in [0.2, 0.25) is 0 Å². The van der Waals surface area contributed by atoms with Gasteiger partial charge < -0.3 is 16.2 Å². The van der Waals surface area contributed by atoms with Gasteiger partial charge in [-0.25, -0.2) is 0 Å². The molecule has 6 heteroatoms. The summed E-state index contributed by atoms with van der Waals surface area (Å²) in [5, 5.41) is 21.8. The Morgan fingerprint density at radius 2 is 1.95 bits per heavy atom. The molecule has 2 rings (SSSR count). The second-order valence-electron chi connectivity index (χ2n) is 5.45. The van der Waals surface area contributed by atoms with E-state index in [1.165, 1.54) is 0 Å². The molecular weight excluding hydrogens is 272 g/mol. The summed E-state index contributed by atoms with van der Waals surface area (Å²) in [5.41, 5.74) is 8.32. The van der Waals surface area contributed by atoms with Crippen molar-refractivity contribution < 1.29 is 5.11 Å². The van der Waals surface area contributed by atoms with Crippen molar-refractivity contribution in [2.24, 2.45) is 5.73 Å². The van der Waals surface area contributed by atoms with Crippen LogP contribution in [0.5, 0.6) is 0 Å². The van der Waals surface area contributed by atoms with Gasteiger partial charge in [0.05, 0.1) is 23.4 Å². The maximum Gasteiger partial charge on any atom is 0.159 e. The van der Waals surface area contributed by atoms with Crippen molar-refractivity contribution in [1.29, 1.82) is 0 Å². The lowest BCUT2D eigenvalue weighted by atomic mass is 10.0. The molecule has 1 aliphatic carbocycles. The van der Waals surface area contributed by atoms with Gasteiger partial charge in [0.2, 0.25) is 0 Å². The number of nitrogens with zero attached hydrogens (tertiary/aromatic N) is 2. The van der Waals surface area contributed by atoms with E-state index < -0.39 is 0 Å². The number of anilines is 1. The van der Waals surface area contributed by atoms with Crippen LogP contribution in [-0.2, 0) is 0 Å². The van der Waals surface area contributed by atoms with Gasteiger partial charge in [0, 0.05) is 0 Å². The maximum absolute atomic E-state index is 10.2. The molecule has 1 aliphatic rings. The molecule has 4 N–H and O–H groups in total. The van der Waals surface area contributed by atoms with Crippen LogP contribution in [0, 0.1) is 13.8 Å². The van der Waals surface area contributed by atoms with Crippen LogP contribution in [0.25, 0.3) is 0 Å². The minimum atomic E-state index is -0.361. The molecule has 0 radical (unpaired) electrons. The lowest BCUT2D eigenvalue weighted by Gasteiger charge is -2.24. The largest absolute Gasteiger partial charge is 0.391 e. The molecule has 0 bridgehead atoms. The average Bonchev–Trinajstić information content (AvgIpc) is 2.59. The van der Waals surface area contributed by atoms with E-state index in [0.29, 0.717) is 10.8 Å². The number of aliphatic hydroxyl groups excluding tert-OH is 1. The van der Waals surface area contributed by atoms with E-state index in [9.17, 15) is 5.11 Å². The summed E-state index contributed by atoms with van der Waals surface area (Å²) in [4.78, 5) is 0.311. The van der Waals surface area contributed by atoms with Gasteiger partial charge in [-0.15, -0.1) is 5.10 Å². The van der Waals surface area contributed by atoms with Crippen LogP contribution in [0.4, 0.5) is 5.82 Å². The summed E-state index contributed by atoms with van der Waals surface area (Å²) in [6.45, 7) is 3.82. The highest BCUT2D eigenvalue weighted by Crippen LogP contribution is 2.24. The molecule has 0 saturated heterocycles. The van der Waals surface area contributed by atoms with Crippen LogP contribution >= 0.6 is 12.2 Å². The monoisotopic (exact) mass is 294 g/mol. The van der Waals surface area contributed by atoms with Crippen LogP contribution in [0.15, 0.2) is 0 Å². The SMILES string of the molecule is Cc1nnc(NC2CCCCCC2O)c(C(N)=S)c1C. The number of thiocarbonyl (C=S) groups is 1. The minimum Gasteiger partial charge on any atom is -0.391 e. The van der Waals surface area contributed by atoms with Crippen molar-refractivity contribution in [3.05, 3.63) is 16.8 Å². The zero-order valence-corrected chi connectivity index (χ0v) is 12.8. The molecule has 2 atom stereocenters. The fourth-order valence-corrected chi connectivity index (χ4v) is 2.89. The van der Waals surface area contributed by atoms with E-state index in [0.717, 1.165) is 48.9 Å². The molecule has 0 amide bonds. The van der Waals surface area contributed by atoms with E-state index in [2.05, 4.69) is 15.5 Å². The zero-order chi connectivity index (χ0) is 14.7. The molecule has 1 fully saturated rings.